The molecule has 0 aliphatic carbocycles. The fraction of sp³-hybridized carbons (Fsp3) is 0.118. The van der Waals surface area contributed by atoms with Gasteiger partial charge in [-0.2, -0.15) is 0 Å². The Hall–Kier alpha value is -3.01. The van der Waals surface area contributed by atoms with Gasteiger partial charge in [0, 0.05) is 6.54 Å². The standard InChI is InChI=1S/C17H15ClFN5O3/c18-13-7-11(3-6-14(13)19)21-17(22-25)16-15(23-27-24-16)9-26-12-4-1-10(8-20)2-5-12/h1-7,25H,8-9,20H2,(H,21,22). The molecule has 0 aliphatic rings. The summed E-state index contributed by atoms with van der Waals surface area (Å²) in [5.74, 6) is -0.0371. The van der Waals surface area contributed by atoms with Crippen LogP contribution in [-0.2, 0) is 13.2 Å². The first-order valence-electron chi connectivity index (χ1n) is 7.78. The Morgan fingerprint density at radius 2 is 2.04 bits per heavy atom. The molecule has 3 rings (SSSR count). The van der Waals surface area contributed by atoms with Crippen LogP contribution in [0.1, 0.15) is 17.0 Å². The van der Waals surface area contributed by atoms with Gasteiger partial charge in [-0.1, -0.05) is 28.9 Å². The monoisotopic (exact) mass is 391 g/mol. The lowest BCUT2D eigenvalue weighted by molar-refractivity contribution is 0.233. The Bertz CT molecular complexity index is 946. The fourth-order valence-corrected chi connectivity index (χ4v) is 2.34. The van der Waals surface area contributed by atoms with Crippen molar-refractivity contribution in [1.82, 2.24) is 15.8 Å². The molecule has 0 saturated heterocycles. The van der Waals surface area contributed by atoms with Crippen LogP contribution in [0.25, 0.3) is 0 Å². The molecule has 0 amide bonds. The van der Waals surface area contributed by atoms with Gasteiger partial charge in [0.15, 0.2) is 17.2 Å². The third-order valence-corrected chi connectivity index (χ3v) is 3.86. The second-order valence-electron chi connectivity index (χ2n) is 5.37. The quantitative estimate of drug-likeness (QED) is 0.335. The number of hydrogen-bond donors (Lipinski definition) is 3. The number of benzene rings is 2. The van der Waals surface area contributed by atoms with E-state index in [2.05, 4.69) is 15.3 Å². The molecule has 0 atom stereocenters. The molecular weight excluding hydrogens is 377 g/mol. The second kappa shape index (κ2) is 8.58. The maximum Gasteiger partial charge on any atom is 0.182 e. The highest BCUT2D eigenvalue weighted by molar-refractivity contribution is 6.31. The third kappa shape index (κ3) is 4.59. The zero-order chi connectivity index (χ0) is 19.2. The molecule has 4 N–H and O–H groups in total. The Balaban J connectivity index is 1.78. The van der Waals surface area contributed by atoms with Crippen molar-refractivity contribution in [2.75, 3.05) is 0 Å². The maximum absolute atomic E-state index is 13.3. The number of hydrogen-bond acceptors (Lipinski definition) is 7. The zero-order valence-electron chi connectivity index (χ0n) is 13.9. The smallest absolute Gasteiger partial charge is 0.182 e. The summed E-state index contributed by atoms with van der Waals surface area (Å²) in [4.78, 5) is 4.13. The van der Waals surface area contributed by atoms with Crippen molar-refractivity contribution in [3.8, 4) is 5.75 Å². The molecule has 0 saturated carbocycles. The Morgan fingerprint density at radius 3 is 2.70 bits per heavy atom. The number of rotatable bonds is 6. The van der Waals surface area contributed by atoms with Crippen molar-refractivity contribution >= 4 is 23.1 Å². The van der Waals surface area contributed by atoms with Gasteiger partial charge in [-0.15, -0.1) is 0 Å². The molecule has 1 aromatic heterocycles. The van der Waals surface area contributed by atoms with Crippen molar-refractivity contribution < 1.29 is 19.0 Å². The lowest BCUT2D eigenvalue weighted by Gasteiger charge is -2.06. The van der Waals surface area contributed by atoms with E-state index in [1.807, 2.05) is 17.6 Å². The Labute approximate surface area is 158 Å². The molecule has 10 heteroatoms. The number of nitrogens with zero attached hydrogens (tertiary/aromatic N) is 3. The number of nitrogens with two attached hydrogens (primary N) is 1. The summed E-state index contributed by atoms with van der Waals surface area (Å²) >= 11 is 5.73. The van der Waals surface area contributed by atoms with Crippen LogP contribution in [0, 0.1) is 5.82 Å². The Morgan fingerprint density at radius 1 is 1.26 bits per heavy atom. The molecule has 0 spiro atoms. The maximum atomic E-state index is 13.3. The van der Waals surface area contributed by atoms with Gasteiger partial charge in [0.2, 0.25) is 0 Å². The summed E-state index contributed by atoms with van der Waals surface area (Å²) in [5, 5.41) is 16.8. The zero-order valence-corrected chi connectivity index (χ0v) is 14.7. The van der Waals surface area contributed by atoms with Gasteiger partial charge >= 0.3 is 0 Å². The molecule has 3 aromatic rings. The van der Waals surface area contributed by atoms with Crippen LogP contribution in [0.3, 0.4) is 0 Å². The highest BCUT2D eigenvalue weighted by atomic mass is 35.5. The topological polar surface area (TPSA) is 119 Å². The SMILES string of the molecule is NCc1ccc(OCc2nonc2C(=Nc2ccc(F)c(Cl)c2)NO)cc1. The highest BCUT2D eigenvalue weighted by Gasteiger charge is 2.17. The van der Waals surface area contributed by atoms with E-state index >= 15 is 0 Å². The van der Waals surface area contributed by atoms with Gasteiger partial charge in [-0.3, -0.25) is 10.7 Å². The normalized spacial score (nSPS) is 11.5. The summed E-state index contributed by atoms with van der Waals surface area (Å²) in [5.41, 5.74) is 9.18. The van der Waals surface area contributed by atoms with E-state index in [1.165, 1.54) is 12.1 Å². The molecule has 27 heavy (non-hydrogen) atoms. The third-order valence-electron chi connectivity index (χ3n) is 3.57. The molecule has 0 unspecified atom stereocenters. The van der Waals surface area contributed by atoms with Crippen molar-refractivity contribution in [3.05, 3.63) is 70.3 Å². The number of aliphatic imine (C=N–C) groups is 1. The average molecular weight is 392 g/mol. The van der Waals surface area contributed by atoms with Crippen molar-refractivity contribution in [3.63, 3.8) is 0 Å². The lowest BCUT2D eigenvalue weighted by atomic mass is 10.2. The van der Waals surface area contributed by atoms with Crippen LogP contribution in [0.2, 0.25) is 5.02 Å². The highest BCUT2D eigenvalue weighted by Crippen LogP contribution is 2.22. The predicted molar refractivity (Wildman–Crippen MR) is 95.5 cm³/mol. The Kier molecular flexibility index (Phi) is 5.97. The van der Waals surface area contributed by atoms with E-state index in [4.69, 9.17) is 26.7 Å². The van der Waals surface area contributed by atoms with Gasteiger partial charge in [-0.25, -0.2) is 14.0 Å². The molecule has 140 valence electrons. The second-order valence-corrected chi connectivity index (χ2v) is 5.77. The number of aromatic nitrogens is 2. The largest absolute Gasteiger partial charge is 0.487 e. The van der Waals surface area contributed by atoms with Gasteiger partial charge < -0.3 is 10.5 Å². The molecular formula is C17H15ClFN5O3. The number of amidine groups is 1. The molecule has 1 heterocycles. The first-order chi connectivity index (χ1) is 13.1. The first-order valence-corrected chi connectivity index (χ1v) is 8.16. The summed E-state index contributed by atoms with van der Waals surface area (Å²) in [6.07, 6.45) is 0. The van der Waals surface area contributed by atoms with Gasteiger partial charge in [0.25, 0.3) is 0 Å². The summed E-state index contributed by atoms with van der Waals surface area (Å²) < 4.78 is 23.6. The predicted octanol–water partition coefficient (Wildman–Crippen LogP) is 2.96. The van der Waals surface area contributed by atoms with Crippen molar-refractivity contribution in [2.45, 2.75) is 13.2 Å². The van der Waals surface area contributed by atoms with Crippen LogP contribution in [0.4, 0.5) is 10.1 Å². The van der Waals surface area contributed by atoms with Gasteiger partial charge in [0.05, 0.1) is 10.7 Å². The van der Waals surface area contributed by atoms with Gasteiger partial charge in [0.1, 0.15) is 18.2 Å². The summed E-state index contributed by atoms with van der Waals surface area (Å²) in [6.45, 7) is 0.457. The van der Waals surface area contributed by atoms with E-state index in [-0.39, 0.29) is 23.2 Å². The molecule has 2 aromatic carbocycles. The summed E-state index contributed by atoms with van der Waals surface area (Å²) in [6, 6.07) is 11.1. The van der Waals surface area contributed by atoms with Crippen molar-refractivity contribution in [2.24, 2.45) is 10.7 Å². The van der Waals surface area contributed by atoms with E-state index in [9.17, 15) is 9.60 Å². The van der Waals surface area contributed by atoms with Crippen LogP contribution in [0.5, 0.6) is 5.75 Å². The van der Waals surface area contributed by atoms with E-state index in [1.54, 1.807) is 12.1 Å². The minimum absolute atomic E-state index is 0.0195. The molecule has 0 fully saturated rings. The average Bonchev–Trinajstić information content (AvgIpc) is 3.16. The van der Waals surface area contributed by atoms with Crippen LogP contribution < -0.4 is 16.0 Å². The van der Waals surface area contributed by atoms with Gasteiger partial charge in [-0.05, 0) is 41.1 Å². The summed E-state index contributed by atoms with van der Waals surface area (Å²) in [7, 11) is 0. The number of hydroxylamine groups is 1. The lowest BCUT2D eigenvalue weighted by Crippen LogP contribution is -2.22. The molecule has 8 nitrogen and oxygen atoms in total. The minimum Gasteiger partial charge on any atom is -0.487 e. The number of ether oxygens (including phenoxy) is 1. The first kappa shape index (κ1) is 18.8. The van der Waals surface area contributed by atoms with E-state index in [0.717, 1.165) is 11.6 Å². The van der Waals surface area contributed by atoms with Crippen LogP contribution in [-0.4, -0.2) is 21.4 Å². The molecule has 0 radical (unpaired) electrons. The van der Waals surface area contributed by atoms with E-state index < -0.39 is 5.82 Å². The van der Waals surface area contributed by atoms with Crippen LogP contribution >= 0.6 is 11.6 Å². The number of nitrogens with one attached hydrogen (secondary N) is 1. The van der Waals surface area contributed by atoms with Crippen molar-refractivity contribution in [1.29, 1.82) is 0 Å². The molecule has 0 aliphatic heterocycles. The molecule has 0 bridgehead atoms. The minimum atomic E-state index is -0.577. The fourth-order valence-electron chi connectivity index (χ4n) is 2.17. The van der Waals surface area contributed by atoms with E-state index in [0.29, 0.717) is 23.7 Å². The van der Waals surface area contributed by atoms with Crippen LogP contribution in [0.15, 0.2) is 52.1 Å². The number of halogens is 2.